The Labute approximate surface area is 170 Å². The maximum Gasteiger partial charge on any atom is 0.283 e. The Hall–Kier alpha value is -1.90. The van der Waals surface area contributed by atoms with E-state index < -0.39 is 0 Å². The van der Waals surface area contributed by atoms with Crippen molar-refractivity contribution >= 4 is 28.7 Å². The van der Waals surface area contributed by atoms with Gasteiger partial charge in [-0.1, -0.05) is 23.9 Å². The van der Waals surface area contributed by atoms with Gasteiger partial charge in [0.25, 0.3) is 5.56 Å². The van der Waals surface area contributed by atoms with E-state index in [1.54, 1.807) is 4.57 Å². The van der Waals surface area contributed by atoms with Gasteiger partial charge in [-0.15, -0.1) is 0 Å². The summed E-state index contributed by atoms with van der Waals surface area (Å²) in [7, 11) is 2.15. The molecule has 152 valence electrons. The molecule has 0 saturated carbocycles. The van der Waals surface area contributed by atoms with Crippen molar-refractivity contribution in [2.75, 3.05) is 52.1 Å². The molecule has 1 aromatic heterocycles. The van der Waals surface area contributed by atoms with Crippen LogP contribution in [0.2, 0.25) is 0 Å². The first-order valence-electron chi connectivity index (χ1n) is 9.88. The number of piperazine rings is 1. The first-order valence-corrected chi connectivity index (χ1v) is 10.9. The number of carbonyl (C=O) groups excluding carboxylic acids is 1. The molecule has 7 nitrogen and oxygen atoms in total. The van der Waals surface area contributed by atoms with E-state index in [0.717, 1.165) is 50.2 Å². The number of likely N-dealkylation sites (N-methyl/N-ethyl adjacent to an activating group) is 1. The van der Waals surface area contributed by atoms with Gasteiger partial charge in [-0.2, -0.15) is 0 Å². The maximum absolute atomic E-state index is 12.6. The Bertz CT molecular complexity index is 861. The van der Waals surface area contributed by atoms with Crippen LogP contribution in [0, 0.1) is 0 Å². The molecular weight excluding hydrogens is 374 g/mol. The van der Waals surface area contributed by atoms with E-state index in [4.69, 9.17) is 0 Å². The summed E-state index contributed by atoms with van der Waals surface area (Å²) < 4.78 is 1.71. The topological polar surface area (TPSA) is 70.5 Å². The number of fused-ring (bicyclic) bond motifs is 1. The van der Waals surface area contributed by atoms with Crippen LogP contribution in [0.25, 0.3) is 11.0 Å². The summed E-state index contributed by atoms with van der Waals surface area (Å²) in [5, 5.41) is 3.34. The van der Waals surface area contributed by atoms with Crippen LogP contribution < -0.4 is 10.9 Å². The zero-order valence-electron chi connectivity index (χ0n) is 16.7. The number of aryl methyl sites for hydroxylation is 1. The number of nitrogens with one attached hydrogen (secondary N) is 1. The Morgan fingerprint density at radius 2 is 1.96 bits per heavy atom. The van der Waals surface area contributed by atoms with Crippen LogP contribution in [-0.4, -0.2) is 77.3 Å². The fourth-order valence-electron chi connectivity index (χ4n) is 3.36. The number of nitrogens with zero attached hydrogens (tertiary/aromatic N) is 4. The molecule has 3 rings (SSSR count). The average molecular weight is 404 g/mol. The largest absolute Gasteiger partial charge is 0.355 e. The standard InChI is InChI=1S/C20H29N5O2S/c1-3-25-17-8-5-4-7-16(17)22-19(20(25)27)28-15-18(26)21-9-6-10-24-13-11-23(2)12-14-24/h4-5,7-8H,3,6,9-15H2,1-2H3,(H,21,26). The minimum absolute atomic E-state index is 0.0548. The number of aromatic nitrogens is 2. The van der Waals surface area contributed by atoms with Crippen molar-refractivity contribution in [3.63, 3.8) is 0 Å². The molecule has 28 heavy (non-hydrogen) atoms. The van der Waals surface area contributed by atoms with E-state index in [9.17, 15) is 9.59 Å². The van der Waals surface area contributed by atoms with Gasteiger partial charge in [-0.3, -0.25) is 9.59 Å². The van der Waals surface area contributed by atoms with Crippen molar-refractivity contribution in [2.45, 2.75) is 24.9 Å². The maximum atomic E-state index is 12.6. The molecule has 1 aromatic carbocycles. The predicted octanol–water partition coefficient (Wildman–Crippen LogP) is 1.26. The summed E-state index contributed by atoms with van der Waals surface area (Å²) in [6.45, 7) is 8.59. The monoisotopic (exact) mass is 403 g/mol. The van der Waals surface area contributed by atoms with E-state index >= 15 is 0 Å². The van der Waals surface area contributed by atoms with Crippen molar-refractivity contribution in [1.29, 1.82) is 0 Å². The number of hydrogen-bond donors (Lipinski definition) is 1. The van der Waals surface area contributed by atoms with Crippen molar-refractivity contribution in [3.05, 3.63) is 34.6 Å². The van der Waals surface area contributed by atoms with Gasteiger partial charge >= 0.3 is 0 Å². The van der Waals surface area contributed by atoms with Gasteiger partial charge in [0.05, 0.1) is 16.8 Å². The Morgan fingerprint density at radius 1 is 1.21 bits per heavy atom. The van der Waals surface area contributed by atoms with Crippen LogP contribution in [-0.2, 0) is 11.3 Å². The minimum Gasteiger partial charge on any atom is -0.355 e. The highest BCUT2D eigenvalue weighted by Gasteiger charge is 2.14. The van der Waals surface area contributed by atoms with Gasteiger partial charge in [0, 0.05) is 39.3 Å². The molecule has 2 aromatic rings. The zero-order valence-corrected chi connectivity index (χ0v) is 17.5. The van der Waals surface area contributed by atoms with Gasteiger partial charge in [0.1, 0.15) is 0 Å². The molecule has 0 spiro atoms. The van der Waals surface area contributed by atoms with Crippen molar-refractivity contribution in [3.8, 4) is 0 Å². The molecule has 2 heterocycles. The average Bonchev–Trinajstić information content (AvgIpc) is 2.71. The van der Waals surface area contributed by atoms with Gasteiger partial charge in [-0.25, -0.2) is 4.98 Å². The lowest BCUT2D eigenvalue weighted by Crippen LogP contribution is -2.45. The molecule has 0 atom stereocenters. The van der Waals surface area contributed by atoms with E-state index in [1.807, 2.05) is 31.2 Å². The third-order valence-electron chi connectivity index (χ3n) is 5.05. The number of para-hydroxylation sites is 2. The highest BCUT2D eigenvalue weighted by molar-refractivity contribution is 7.99. The first kappa shape index (κ1) is 20.8. The molecule has 8 heteroatoms. The van der Waals surface area contributed by atoms with Gasteiger partial charge in [0.2, 0.25) is 5.91 Å². The highest BCUT2D eigenvalue weighted by atomic mass is 32.2. The minimum atomic E-state index is -0.130. The van der Waals surface area contributed by atoms with Crippen LogP contribution in [0.4, 0.5) is 0 Å². The lowest BCUT2D eigenvalue weighted by Gasteiger charge is -2.32. The third-order valence-corrected chi connectivity index (χ3v) is 5.99. The molecule has 0 bridgehead atoms. The molecule has 1 amide bonds. The summed E-state index contributed by atoms with van der Waals surface area (Å²) in [6, 6.07) is 7.59. The van der Waals surface area contributed by atoms with E-state index in [1.165, 1.54) is 11.8 Å². The highest BCUT2D eigenvalue weighted by Crippen LogP contribution is 2.16. The first-order chi connectivity index (χ1) is 13.6. The van der Waals surface area contributed by atoms with Crippen LogP contribution in [0.1, 0.15) is 13.3 Å². The third kappa shape index (κ3) is 5.33. The SMILES string of the molecule is CCn1c(=O)c(SCC(=O)NCCCN2CCN(C)CC2)nc2ccccc21. The predicted molar refractivity (Wildman–Crippen MR) is 114 cm³/mol. The summed E-state index contributed by atoms with van der Waals surface area (Å²) in [4.78, 5) is 34.0. The fraction of sp³-hybridized carbons (Fsp3) is 0.550. The molecule has 1 fully saturated rings. The quantitative estimate of drug-likeness (QED) is 0.529. The Kier molecular flexibility index (Phi) is 7.47. The lowest BCUT2D eigenvalue weighted by molar-refractivity contribution is -0.118. The Balaban J connectivity index is 1.47. The normalized spacial score (nSPS) is 15.8. The number of amides is 1. The smallest absolute Gasteiger partial charge is 0.283 e. The van der Waals surface area contributed by atoms with E-state index in [-0.39, 0.29) is 17.2 Å². The van der Waals surface area contributed by atoms with Crippen LogP contribution >= 0.6 is 11.8 Å². The van der Waals surface area contributed by atoms with Gasteiger partial charge < -0.3 is 19.7 Å². The number of thioether (sulfide) groups is 1. The molecule has 1 saturated heterocycles. The second-order valence-electron chi connectivity index (χ2n) is 7.09. The van der Waals surface area contributed by atoms with Gasteiger partial charge in [-0.05, 0) is 39.1 Å². The molecule has 1 aliphatic rings. The molecule has 0 aliphatic carbocycles. The molecule has 1 aliphatic heterocycles. The molecule has 1 N–H and O–H groups in total. The van der Waals surface area contributed by atoms with E-state index in [0.29, 0.717) is 18.1 Å². The lowest BCUT2D eigenvalue weighted by atomic mass is 10.3. The van der Waals surface area contributed by atoms with E-state index in [2.05, 4.69) is 27.1 Å². The van der Waals surface area contributed by atoms with Gasteiger partial charge in [0.15, 0.2) is 5.03 Å². The van der Waals surface area contributed by atoms with Crippen LogP contribution in [0.15, 0.2) is 34.1 Å². The van der Waals surface area contributed by atoms with Crippen molar-refractivity contribution in [1.82, 2.24) is 24.7 Å². The molecular formula is C20H29N5O2S. The summed E-state index contributed by atoms with van der Waals surface area (Å²) >= 11 is 1.21. The zero-order chi connectivity index (χ0) is 19.9. The fourth-order valence-corrected chi connectivity index (χ4v) is 4.13. The number of carbonyl (C=O) groups is 1. The molecule has 0 unspecified atom stereocenters. The molecule has 0 radical (unpaired) electrons. The summed E-state index contributed by atoms with van der Waals surface area (Å²) in [5.41, 5.74) is 1.47. The van der Waals surface area contributed by atoms with Crippen molar-refractivity contribution in [2.24, 2.45) is 0 Å². The summed E-state index contributed by atoms with van der Waals surface area (Å²) in [5.74, 6) is 0.152. The number of benzene rings is 1. The second-order valence-corrected chi connectivity index (χ2v) is 8.06. The number of hydrogen-bond acceptors (Lipinski definition) is 6. The summed E-state index contributed by atoms with van der Waals surface area (Å²) in [6.07, 6.45) is 0.941. The van der Waals surface area contributed by atoms with Crippen molar-refractivity contribution < 1.29 is 4.79 Å². The van der Waals surface area contributed by atoms with Crippen LogP contribution in [0.3, 0.4) is 0 Å². The van der Waals surface area contributed by atoms with Crippen LogP contribution in [0.5, 0.6) is 0 Å². The Morgan fingerprint density at radius 3 is 2.71 bits per heavy atom. The second kappa shape index (κ2) is 10.0. The number of rotatable bonds is 8.